The highest BCUT2D eigenvalue weighted by Gasteiger charge is 2.04. The highest BCUT2D eigenvalue weighted by Crippen LogP contribution is 2.14. The Morgan fingerprint density at radius 3 is 3.08 bits per heavy atom. The monoisotopic (exact) mass is 162 g/mol. The lowest BCUT2D eigenvalue weighted by Crippen LogP contribution is -2.06. The predicted molar refractivity (Wildman–Crippen MR) is 47.0 cm³/mol. The summed E-state index contributed by atoms with van der Waals surface area (Å²) < 4.78 is 1.77. The molecule has 2 aromatic heterocycles. The van der Waals surface area contributed by atoms with Crippen LogP contribution in [0, 0.1) is 6.92 Å². The largest absolute Gasteiger partial charge is 0.417 e. The van der Waals surface area contributed by atoms with E-state index in [4.69, 9.17) is 4.84 Å². The van der Waals surface area contributed by atoms with Gasteiger partial charge < -0.3 is 4.84 Å². The zero-order valence-corrected chi connectivity index (χ0v) is 7.11. The van der Waals surface area contributed by atoms with Crippen molar-refractivity contribution < 1.29 is 4.84 Å². The van der Waals surface area contributed by atoms with E-state index in [-0.39, 0.29) is 0 Å². The van der Waals surface area contributed by atoms with Gasteiger partial charge in [0.05, 0.1) is 11.2 Å². The molecule has 0 fully saturated rings. The molecule has 62 valence electrons. The van der Waals surface area contributed by atoms with E-state index < -0.39 is 0 Å². The first kappa shape index (κ1) is 7.16. The third-order valence-electron chi connectivity index (χ3n) is 1.88. The highest BCUT2D eigenvalue weighted by atomic mass is 16.6. The molecule has 0 unspecified atom stereocenters. The topological polar surface area (TPSA) is 27.1 Å². The fourth-order valence-corrected chi connectivity index (χ4v) is 1.38. The predicted octanol–water partition coefficient (Wildman–Crippen LogP) is 1.40. The van der Waals surface area contributed by atoms with E-state index in [0.717, 1.165) is 16.7 Å². The number of pyridine rings is 1. The van der Waals surface area contributed by atoms with Crippen molar-refractivity contribution in [2.45, 2.75) is 6.92 Å². The Morgan fingerprint density at radius 1 is 1.50 bits per heavy atom. The second-order valence-electron chi connectivity index (χ2n) is 2.67. The molecule has 2 rings (SSSR count). The van der Waals surface area contributed by atoms with Gasteiger partial charge in [0.1, 0.15) is 12.6 Å². The van der Waals surface area contributed by atoms with Crippen molar-refractivity contribution in [2.75, 3.05) is 7.11 Å². The minimum absolute atomic E-state index is 0.969. The molecule has 0 saturated heterocycles. The first-order chi connectivity index (χ1) is 5.83. The fraction of sp³-hybridized carbons (Fsp3) is 0.222. The molecule has 12 heavy (non-hydrogen) atoms. The zero-order chi connectivity index (χ0) is 8.55. The average molecular weight is 162 g/mol. The molecule has 0 aliphatic heterocycles. The number of aryl methyl sites for hydroxylation is 1. The Hall–Kier alpha value is -1.51. The van der Waals surface area contributed by atoms with Crippen LogP contribution in [0.15, 0.2) is 24.4 Å². The van der Waals surface area contributed by atoms with E-state index in [0.29, 0.717) is 0 Å². The first-order valence-corrected chi connectivity index (χ1v) is 3.80. The van der Waals surface area contributed by atoms with Gasteiger partial charge in [-0.25, -0.2) is 0 Å². The van der Waals surface area contributed by atoms with Gasteiger partial charge in [-0.15, -0.1) is 0 Å². The van der Waals surface area contributed by atoms with Gasteiger partial charge >= 0.3 is 0 Å². The van der Waals surface area contributed by atoms with Gasteiger partial charge in [-0.1, -0.05) is 0 Å². The third kappa shape index (κ3) is 0.863. The minimum Gasteiger partial charge on any atom is -0.417 e. The standard InChI is InChI=1S/C9H10N2O/c1-7-6-8-9(11(7)12-2)4-3-5-10-8/h3-6H,1-2H3. The van der Waals surface area contributed by atoms with E-state index in [1.165, 1.54) is 0 Å². The molecule has 0 N–H and O–H groups in total. The van der Waals surface area contributed by atoms with Gasteiger partial charge in [0.2, 0.25) is 0 Å². The van der Waals surface area contributed by atoms with E-state index >= 15 is 0 Å². The van der Waals surface area contributed by atoms with Crippen LogP contribution in [0.2, 0.25) is 0 Å². The molecular weight excluding hydrogens is 152 g/mol. The van der Waals surface area contributed by atoms with Crippen LogP contribution in [0.3, 0.4) is 0 Å². The van der Waals surface area contributed by atoms with E-state index in [2.05, 4.69) is 4.98 Å². The quantitative estimate of drug-likeness (QED) is 0.633. The number of fused-ring (bicyclic) bond motifs is 1. The molecule has 0 aliphatic rings. The van der Waals surface area contributed by atoms with Crippen LogP contribution in [0.1, 0.15) is 5.69 Å². The molecule has 0 atom stereocenters. The van der Waals surface area contributed by atoms with Gasteiger partial charge in [0, 0.05) is 6.20 Å². The number of hydrogen-bond acceptors (Lipinski definition) is 2. The molecule has 3 nitrogen and oxygen atoms in total. The molecule has 2 aromatic rings. The molecule has 0 aliphatic carbocycles. The Morgan fingerprint density at radius 2 is 2.33 bits per heavy atom. The maximum absolute atomic E-state index is 5.17. The van der Waals surface area contributed by atoms with Crippen molar-refractivity contribution in [2.24, 2.45) is 0 Å². The second kappa shape index (κ2) is 2.52. The Bertz CT molecular complexity index is 406. The van der Waals surface area contributed by atoms with Crippen molar-refractivity contribution in [3.8, 4) is 0 Å². The van der Waals surface area contributed by atoms with Crippen molar-refractivity contribution in [3.05, 3.63) is 30.1 Å². The van der Waals surface area contributed by atoms with E-state index in [1.807, 2.05) is 25.1 Å². The van der Waals surface area contributed by atoms with E-state index in [1.54, 1.807) is 18.0 Å². The Labute approximate surface area is 70.5 Å². The minimum atomic E-state index is 0.969. The van der Waals surface area contributed by atoms with Crippen molar-refractivity contribution in [3.63, 3.8) is 0 Å². The smallest absolute Gasteiger partial charge is 0.105 e. The van der Waals surface area contributed by atoms with Crippen molar-refractivity contribution >= 4 is 11.0 Å². The molecule has 0 saturated carbocycles. The van der Waals surface area contributed by atoms with Crippen LogP contribution < -0.4 is 4.84 Å². The van der Waals surface area contributed by atoms with Crippen LogP contribution in [0.5, 0.6) is 0 Å². The van der Waals surface area contributed by atoms with Gasteiger partial charge in [0.25, 0.3) is 0 Å². The number of nitrogens with zero attached hydrogens (tertiary/aromatic N) is 2. The summed E-state index contributed by atoms with van der Waals surface area (Å²) >= 11 is 0. The Kier molecular flexibility index (Phi) is 1.50. The van der Waals surface area contributed by atoms with Gasteiger partial charge in [0.15, 0.2) is 0 Å². The van der Waals surface area contributed by atoms with Gasteiger partial charge in [-0.3, -0.25) is 4.98 Å². The summed E-state index contributed by atoms with van der Waals surface area (Å²) in [5.74, 6) is 0. The van der Waals surface area contributed by atoms with Crippen LogP contribution in [0.4, 0.5) is 0 Å². The lowest BCUT2D eigenvalue weighted by Gasteiger charge is -2.03. The van der Waals surface area contributed by atoms with Gasteiger partial charge in [-0.2, -0.15) is 4.73 Å². The molecule has 0 bridgehead atoms. The fourth-order valence-electron chi connectivity index (χ4n) is 1.38. The second-order valence-corrected chi connectivity index (χ2v) is 2.67. The zero-order valence-electron chi connectivity index (χ0n) is 7.11. The summed E-state index contributed by atoms with van der Waals surface area (Å²) in [5.41, 5.74) is 3.04. The molecule has 0 aromatic carbocycles. The number of aromatic nitrogens is 2. The average Bonchev–Trinajstić information content (AvgIpc) is 2.40. The maximum Gasteiger partial charge on any atom is 0.105 e. The number of rotatable bonds is 1. The Balaban J connectivity index is 2.81. The summed E-state index contributed by atoms with van der Waals surface area (Å²) in [6.07, 6.45) is 1.78. The lowest BCUT2D eigenvalue weighted by atomic mass is 10.4. The summed E-state index contributed by atoms with van der Waals surface area (Å²) in [4.78, 5) is 9.38. The highest BCUT2D eigenvalue weighted by molar-refractivity contribution is 5.76. The number of hydrogen-bond donors (Lipinski definition) is 0. The molecular formula is C9H10N2O. The van der Waals surface area contributed by atoms with Crippen LogP contribution in [0.25, 0.3) is 11.0 Å². The van der Waals surface area contributed by atoms with Crippen molar-refractivity contribution in [1.82, 2.24) is 9.71 Å². The molecule has 0 spiro atoms. The normalized spacial score (nSPS) is 10.5. The summed E-state index contributed by atoms with van der Waals surface area (Å²) in [6, 6.07) is 5.88. The maximum atomic E-state index is 5.17. The van der Waals surface area contributed by atoms with Crippen LogP contribution >= 0.6 is 0 Å². The SMILES string of the molecule is COn1c(C)cc2ncccc21. The van der Waals surface area contributed by atoms with Crippen LogP contribution in [-0.2, 0) is 0 Å². The van der Waals surface area contributed by atoms with Gasteiger partial charge in [-0.05, 0) is 25.1 Å². The molecule has 3 heteroatoms. The van der Waals surface area contributed by atoms with Crippen LogP contribution in [-0.4, -0.2) is 16.8 Å². The van der Waals surface area contributed by atoms with Crippen molar-refractivity contribution in [1.29, 1.82) is 0 Å². The third-order valence-corrected chi connectivity index (χ3v) is 1.88. The van der Waals surface area contributed by atoms with E-state index in [9.17, 15) is 0 Å². The summed E-state index contributed by atoms with van der Waals surface area (Å²) in [7, 11) is 1.65. The first-order valence-electron chi connectivity index (χ1n) is 3.80. The molecule has 0 radical (unpaired) electrons. The summed E-state index contributed by atoms with van der Waals surface area (Å²) in [5, 5.41) is 0. The lowest BCUT2D eigenvalue weighted by molar-refractivity contribution is 0.173. The molecule has 0 amide bonds. The summed E-state index contributed by atoms with van der Waals surface area (Å²) in [6.45, 7) is 1.99. The molecule has 2 heterocycles.